The second-order valence-corrected chi connectivity index (χ2v) is 6.20. The van der Waals surface area contributed by atoms with Crippen molar-refractivity contribution in [3.63, 3.8) is 0 Å². The van der Waals surface area contributed by atoms with E-state index in [1.54, 1.807) is 24.3 Å². The van der Waals surface area contributed by atoms with Crippen LogP contribution in [-0.4, -0.2) is 35.3 Å². The summed E-state index contributed by atoms with van der Waals surface area (Å²) in [6.45, 7) is 1.62. The number of nitrogens with one attached hydrogen (secondary N) is 1. The molecule has 1 aromatic heterocycles. The third-order valence-corrected chi connectivity index (χ3v) is 4.41. The average molecular weight is 374 g/mol. The molecule has 0 saturated carbocycles. The first-order valence-corrected chi connectivity index (χ1v) is 8.26. The van der Waals surface area contributed by atoms with Gasteiger partial charge in [0.25, 0.3) is 0 Å². The molecule has 136 valence electrons. The van der Waals surface area contributed by atoms with E-state index in [4.69, 9.17) is 4.74 Å². The number of aryl methyl sites for hydroxylation is 1. The van der Waals surface area contributed by atoms with E-state index >= 15 is 0 Å². The number of rotatable bonds is 7. The summed E-state index contributed by atoms with van der Waals surface area (Å²) in [5, 5.41) is 13.2. The number of aliphatic hydroxyl groups is 1. The standard InChI is InChI=1S/C16H17F3N2O3S/c1-11-10-25-14(21-11)15(23,16(17,18)19)9-13(22)20-7-8-24-12-5-3-2-4-6-12/h2-6,10,23H,7-9H2,1H3,(H,20,22)/t15-/m1/s1. The molecule has 2 rings (SSSR count). The number of thiazole rings is 1. The SMILES string of the molecule is Cc1csc([C@](O)(CC(=O)NCCOc2ccccc2)C(F)(F)F)n1. The van der Waals surface area contributed by atoms with Crippen LogP contribution in [0.1, 0.15) is 17.1 Å². The number of carbonyl (C=O) groups is 1. The maximum atomic E-state index is 13.3. The van der Waals surface area contributed by atoms with E-state index in [1.165, 1.54) is 12.3 Å². The van der Waals surface area contributed by atoms with Crippen molar-refractivity contribution in [2.24, 2.45) is 0 Å². The summed E-state index contributed by atoms with van der Waals surface area (Å²) >= 11 is 0.665. The topological polar surface area (TPSA) is 71.5 Å². The fraction of sp³-hybridized carbons (Fsp3) is 0.375. The highest BCUT2D eigenvalue weighted by Gasteiger charge is 2.58. The predicted octanol–water partition coefficient (Wildman–Crippen LogP) is 2.79. The zero-order valence-electron chi connectivity index (χ0n) is 13.3. The zero-order chi connectivity index (χ0) is 18.5. The maximum absolute atomic E-state index is 13.3. The van der Waals surface area contributed by atoms with Crippen LogP contribution in [0.15, 0.2) is 35.7 Å². The van der Waals surface area contributed by atoms with Gasteiger partial charge in [-0.05, 0) is 19.1 Å². The van der Waals surface area contributed by atoms with Crippen molar-refractivity contribution in [3.05, 3.63) is 46.4 Å². The maximum Gasteiger partial charge on any atom is 0.424 e. The van der Waals surface area contributed by atoms with Crippen LogP contribution in [-0.2, 0) is 10.4 Å². The Bertz CT molecular complexity index is 706. The number of ether oxygens (including phenoxy) is 1. The second-order valence-electron chi connectivity index (χ2n) is 5.34. The van der Waals surface area contributed by atoms with Crippen molar-refractivity contribution in [3.8, 4) is 5.75 Å². The summed E-state index contributed by atoms with van der Waals surface area (Å²) in [7, 11) is 0. The molecule has 5 nitrogen and oxygen atoms in total. The van der Waals surface area contributed by atoms with Gasteiger partial charge < -0.3 is 15.2 Å². The van der Waals surface area contributed by atoms with Crippen molar-refractivity contribution >= 4 is 17.2 Å². The van der Waals surface area contributed by atoms with E-state index < -0.39 is 29.1 Å². The van der Waals surface area contributed by atoms with Crippen LogP contribution in [0.4, 0.5) is 13.2 Å². The van der Waals surface area contributed by atoms with Crippen LogP contribution in [0, 0.1) is 6.92 Å². The van der Waals surface area contributed by atoms with Gasteiger partial charge in [-0.3, -0.25) is 4.79 Å². The summed E-state index contributed by atoms with van der Waals surface area (Å²) in [5.41, 5.74) is -2.96. The lowest BCUT2D eigenvalue weighted by atomic mass is 9.99. The fourth-order valence-electron chi connectivity index (χ4n) is 2.01. The smallest absolute Gasteiger partial charge is 0.424 e. The lowest BCUT2D eigenvalue weighted by Gasteiger charge is -2.27. The van der Waals surface area contributed by atoms with Crippen LogP contribution >= 0.6 is 11.3 Å². The van der Waals surface area contributed by atoms with Gasteiger partial charge in [0.1, 0.15) is 17.4 Å². The minimum absolute atomic E-state index is 0.0125. The van der Waals surface area contributed by atoms with E-state index in [-0.39, 0.29) is 13.2 Å². The fourth-order valence-corrected chi connectivity index (χ4v) is 2.93. The van der Waals surface area contributed by atoms with E-state index in [0.717, 1.165) is 0 Å². The van der Waals surface area contributed by atoms with Gasteiger partial charge in [-0.2, -0.15) is 13.2 Å². The number of nitrogens with zero attached hydrogens (tertiary/aromatic N) is 1. The molecule has 2 N–H and O–H groups in total. The molecular weight excluding hydrogens is 357 g/mol. The van der Waals surface area contributed by atoms with Crippen LogP contribution in [0.2, 0.25) is 0 Å². The number of halogens is 3. The zero-order valence-corrected chi connectivity index (χ0v) is 14.2. The number of alkyl halides is 3. The van der Waals surface area contributed by atoms with Crippen molar-refractivity contribution in [2.75, 3.05) is 13.2 Å². The van der Waals surface area contributed by atoms with Crippen molar-refractivity contribution in [1.29, 1.82) is 0 Å². The van der Waals surface area contributed by atoms with E-state index in [1.807, 2.05) is 6.07 Å². The molecule has 0 spiro atoms. The first-order chi connectivity index (χ1) is 11.7. The van der Waals surface area contributed by atoms with Gasteiger partial charge in [0.15, 0.2) is 0 Å². The minimum atomic E-state index is -5.02. The van der Waals surface area contributed by atoms with Gasteiger partial charge in [0, 0.05) is 11.1 Å². The molecule has 1 atom stereocenters. The molecular formula is C16H17F3N2O3S. The average Bonchev–Trinajstić information content (AvgIpc) is 2.98. The lowest BCUT2D eigenvalue weighted by molar-refractivity contribution is -0.267. The highest BCUT2D eigenvalue weighted by molar-refractivity contribution is 7.09. The summed E-state index contributed by atoms with van der Waals surface area (Å²) in [4.78, 5) is 15.5. The van der Waals surface area contributed by atoms with E-state index in [0.29, 0.717) is 22.8 Å². The Kier molecular flexibility index (Phi) is 6.02. The summed E-state index contributed by atoms with van der Waals surface area (Å²) in [6.07, 6.45) is -6.18. The largest absolute Gasteiger partial charge is 0.492 e. The molecule has 0 aliphatic heterocycles. The highest BCUT2D eigenvalue weighted by Crippen LogP contribution is 2.42. The summed E-state index contributed by atoms with van der Waals surface area (Å²) < 4.78 is 45.2. The molecule has 1 heterocycles. The second kappa shape index (κ2) is 7.83. The van der Waals surface area contributed by atoms with Gasteiger partial charge in [-0.1, -0.05) is 18.2 Å². The van der Waals surface area contributed by atoms with Crippen LogP contribution in [0.3, 0.4) is 0 Å². The molecule has 1 aromatic carbocycles. The van der Waals surface area contributed by atoms with Crippen molar-refractivity contribution < 1.29 is 27.8 Å². The van der Waals surface area contributed by atoms with Crippen molar-refractivity contribution in [2.45, 2.75) is 25.1 Å². The number of hydrogen-bond acceptors (Lipinski definition) is 5. The van der Waals surface area contributed by atoms with Gasteiger partial charge in [-0.25, -0.2) is 4.98 Å². The van der Waals surface area contributed by atoms with Crippen LogP contribution < -0.4 is 10.1 Å². The number of amides is 1. The first-order valence-electron chi connectivity index (χ1n) is 7.38. The molecule has 1 amide bonds. The number of hydrogen-bond donors (Lipinski definition) is 2. The van der Waals surface area contributed by atoms with E-state index in [9.17, 15) is 23.1 Å². The molecule has 0 aliphatic rings. The first kappa shape index (κ1) is 19.2. The molecule has 25 heavy (non-hydrogen) atoms. The normalized spacial score (nSPS) is 14.0. The Morgan fingerprint density at radius 2 is 2.00 bits per heavy atom. The van der Waals surface area contributed by atoms with Gasteiger partial charge >= 0.3 is 6.18 Å². The van der Waals surface area contributed by atoms with Gasteiger partial charge in [0.2, 0.25) is 11.5 Å². The Labute approximate surface area is 146 Å². The molecule has 0 radical (unpaired) electrons. The molecule has 0 unspecified atom stereocenters. The lowest BCUT2D eigenvalue weighted by Crippen LogP contribution is -2.46. The number of aromatic nitrogens is 1. The quantitative estimate of drug-likeness (QED) is 0.731. The number of para-hydroxylation sites is 1. The molecule has 0 bridgehead atoms. The molecule has 9 heteroatoms. The minimum Gasteiger partial charge on any atom is -0.492 e. The highest BCUT2D eigenvalue weighted by atomic mass is 32.1. The Hall–Kier alpha value is -2.13. The summed E-state index contributed by atoms with van der Waals surface area (Å²) in [5.74, 6) is -0.355. The molecule has 0 aliphatic carbocycles. The van der Waals surface area contributed by atoms with Gasteiger partial charge in [0.05, 0.1) is 13.0 Å². The molecule has 2 aromatic rings. The third-order valence-electron chi connectivity index (χ3n) is 3.29. The third kappa shape index (κ3) is 4.93. The van der Waals surface area contributed by atoms with E-state index in [2.05, 4.69) is 10.3 Å². The Morgan fingerprint density at radius 1 is 1.32 bits per heavy atom. The Balaban J connectivity index is 1.92. The van der Waals surface area contributed by atoms with Crippen molar-refractivity contribution in [1.82, 2.24) is 10.3 Å². The van der Waals surface area contributed by atoms with Gasteiger partial charge in [-0.15, -0.1) is 11.3 Å². The predicted molar refractivity (Wildman–Crippen MR) is 86.4 cm³/mol. The Morgan fingerprint density at radius 3 is 2.56 bits per heavy atom. The summed E-state index contributed by atoms with van der Waals surface area (Å²) in [6, 6.07) is 8.79. The number of benzene rings is 1. The number of carbonyl (C=O) groups excluding carboxylic acids is 1. The molecule has 0 fully saturated rings. The van der Waals surface area contributed by atoms with Crippen LogP contribution in [0.25, 0.3) is 0 Å². The monoisotopic (exact) mass is 374 g/mol. The molecule has 0 saturated heterocycles. The van der Waals surface area contributed by atoms with Crippen LogP contribution in [0.5, 0.6) is 5.75 Å².